The standard InChI is InChI=1S/C21H15BrO3/c22-19-16(12-7-13-17(19)21(24)25)18(14-8-3-1-4-9-14)20(23)15-10-5-2-6-11-15/h1-13,18H,(H,24,25). The zero-order chi connectivity index (χ0) is 17.8. The van der Waals surface area contributed by atoms with Gasteiger partial charge in [-0.1, -0.05) is 72.8 Å². The van der Waals surface area contributed by atoms with Gasteiger partial charge in [-0.05, 0) is 33.1 Å². The quantitative estimate of drug-likeness (QED) is 0.607. The maximum atomic E-state index is 13.2. The van der Waals surface area contributed by atoms with Crippen molar-refractivity contribution in [2.45, 2.75) is 5.92 Å². The van der Waals surface area contributed by atoms with Gasteiger partial charge in [-0.3, -0.25) is 4.79 Å². The lowest BCUT2D eigenvalue weighted by molar-refractivity contribution is 0.0695. The minimum absolute atomic E-state index is 0.0740. The number of aromatic carboxylic acids is 1. The third-order valence-electron chi connectivity index (χ3n) is 4.02. The van der Waals surface area contributed by atoms with Gasteiger partial charge in [-0.25, -0.2) is 4.79 Å². The number of Topliss-reactive ketones (excluding diaryl/α,β-unsaturated/α-hetero) is 1. The van der Waals surface area contributed by atoms with Gasteiger partial charge in [-0.15, -0.1) is 0 Å². The molecule has 3 aromatic carbocycles. The molecule has 0 radical (unpaired) electrons. The molecule has 25 heavy (non-hydrogen) atoms. The molecule has 124 valence electrons. The average molecular weight is 395 g/mol. The summed E-state index contributed by atoms with van der Waals surface area (Å²) in [7, 11) is 0. The van der Waals surface area contributed by atoms with E-state index in [-0.39, 0.29) is 11.3 Å². The average Bonchev–Trinajstić information content (AvgIpc) is 2.64. The zero-order valence-corrected chi connectivity index (χ0v) is 14.8. The Hall–Kier alpha value is -2.72. The molecule has 0 amide bonds. The third kappa shape index (κ3) is 3.54. The topological polar surface area (TPSA) is 54.4 Å². The maximum Gasteiger partial charge on any atom is 0.336 e. The summed E-state index contributed by atoms with van der Waals surface area (Å²) in [5.74, 6) is -1.69. The van der Waals surface area contributed by atoms with Gasteiger partial charge < -0.3 is 5.11 Å². The van der Waals surface area contributed by atoms with Gasteiger partial charge in [0.1, 0.15) is 0 Å². The molecule has 0 aliphatic rings. The normalized spacial score (nSPS) is 11.7. The number of carboxylic acid groups (broad SMARTS) is 1. The Morgan fingerprint density at radius 1 is 0.800 bits per heavy atom. The molecule has 1 atom stereocenters. The second-order valence-corrected chi connectivity index (χ2v) is 6.38. The minimum Gasteiger partial charge on any atom is -0.478 e. The van der Waals surface area contributed by atoms with Crippen LogP contribution in [0.4, 0.5) is 0 Å². The van der Waals surface area contributed by atoms with E-state index in [2.05, 4.69) is 15.9 Å². The number of hydrogen-bond acceptors (Lipinski definition) is 2. The summed E-state index contributed by atoms with van der Waals surface area (Å²) in [6, 6.07) is 23.4. The minimum atomic E-state index is -1.03. The Morgan fingerprint density at radius 2 is 1.40 bits per heavy atom. The number of rotatable bonds is 5. The van der Waals surface area contributed by atoms with Crippen LogP contribution >= 0.6 is 15.9 Å². The molecule has 0 aromatic heterocycles. The molecule has 0 heterocycles. The van der Waals surface area contributed by atoms with Crippen LogP contribution in [-0.4, -0.2) is 16.9 Å². The number of ketones is 1. The van der Waals surface area contributed by atoms with Crippen LogP contribution in [0.5, 0.6) is 0 Å². The fourth-order valence-corrected chi connectivity index (χ4v) is 3.49. The van der Waals surface area contributed by atoms with E-state index in [9.17, 15) is 14.7 Å². The van der Waals surface area contributed by atoms with Crippen molar-refractivity contribution < 1.29 is 14.7 Å². The smallest absolute Gasteiger partial charge is 0.336 e. The van der Waals surface area contributed by atoms with E-state index in [1.165, 1.54) is 6.07 Å². The molecule has 0 fully saturated rings. The summed E-state index contributed by atoms with van der Waals surface area (Å²) in [4.78, 5) is 24.7. The maximum absolute atomic E-state index is 13.2. The van der Waals surface area contributed by atoms with Gasteiger partial charge in [0.05, 0.1) is 11.5 Å². The first kappa shape index (κ1) is 17.1. The third-order valence-corrected chi connectivity index (χ3v) is 4.91. The molecule has 3 rings (SSSR count). The highest BCUT2D eigenvalue weighted by atomic mass is 79.9. The lowest BCUT2D eigenvalue weighted by Gasteiger charge is -2.19. The predicted molar refractivity (Wildman–Crippen MR) is 100 cm³/mol. The zero-order valence-electron chi connectivity index (χ0n) is 13.2. The number of hydrogen-bond donors (Lipinski definition) is 1. The van der Waals surface area contributed by atoms with Crippen molar-refractivity contribution in [3.63, 3.8) is 0 Å². The van der Waals surface area contributed by atoms with E-state index in [4.69, 9.17) is 0 Å². The van der Waals surface area contributed by atoms with Gasteiger partial charge in [0.2, 0.25) is 0 Å². The number of carbonyl (C=O) groups excluding carboxylic acids is 1. The van der Waals surface area contributed by atoms with Crippen molar-refractivity contribution >= 4 is 27.7 Å². The Labute approximate surface area is 154 Å². The van der Waals surface area contributed by atoms with Crippen LogP contribution in [0.2, 0.25) is 0 Å². The number of halogens is 1. The highest BCUT2D eigenvalue weighted by Crippen LogP contribution is 2.35. The molecule has 0 aliphatic carbocycles. The van der Waals surface area contributed by atoms with Crippen molar-refractivity contribution in [3.8, 4) is 0 Å². The van der Waals surface area contributed by atoms with Gasteiger partial charge in [-0.2, -0.15) is 0 Å². The van der Waals surface area contributed by atoms with E-state index in [1.54, 1.807) is 24.3 Å². The van der Waals surface area contributed by atoms with Crippen molar-refractivity contribution in [2.75, 3.05) is 0 Å². The van der Waals surface area contributed by atoms with E-state index in [0.29, 0.717) is 15.6 Å². The van der Waals surface area contributed by atoms with Crippen LogP contribution < -0.4 is 0 Å². The first-order valence-corrected chi connectivity index (χ1v) is 8.55. The predicted octanol–water partition coefficient (Wildman–Crippen LogP) is 5.16. The summed E-state index contributed by atoms with van der Waals surface area (Å²) in [5.41, 5.74) is 2.18. The van der Waals surface area contributed by atoms with Gasteiger partial charge in [0, 0.05) is 10.0 Å². The van der Waals surface area contributed by atoms with E-state index >= 15 is 0 Å². The van der Waals surface area contributed by atoms with Crippen LogP contribution in [-0.2, 0) is 0 Å². The summed E-state index contributed by atoms with van der Waals surface area (Å²) in [5, 5.41) is 9.38. The first-order valence-electron chi connectivity index (χ1n) is 7.75. The Kier molecular flexibility index (Phi) is 5.10. The van der Waals surface area contributed by atoms with Gasteiger partial charge in [0.25, 0.3) is 0 Å². The molecular weight excluding hydrogens is 380 g/mol. The Balaban J connectivity index is 2.18. The monoisotopic (exact) mass is 394 g/mol. The molecular formula is C21H15BrO3. The van der Waals surface area contributed by atoms with Crippen molar-refractivity contribution in [3.05, 3.63) is 106 Å². The lowest BCUT2D eigenvalue weighted by Crippen LogP contribution is -2.16. The van der Waals surface area contributed by atoms with Crippen molar-refractivity contribution in [1.82, 2.24) is 0 Å². The SMILES string of the molecule is O=C(O)c1cccc(C(C(=O)c2ccccc2)c2ccccc2)c1Br. The van der Waals surface area contributed by atoms with Crippen LogP contribution in [0, 0.1) is 0 Å². The largest absolute Gasteiger partial charge is 0.478 e. The van der Waals surface area contributed by atoms with Crippen molar-refractivity contribution in [1.29, 1.82) is 0 Å². The molecule has 3 nitrogen and oxygen atoms in total. The lowest BCUT2D eigenvalue weighted by atomic mass is 9.84. The van der Waals surface area contributed by atoms with Crippen LogP contribution in [0.25, 0.3) is 0 Å². The highest BCUT2D eigenvalue weighted by Gasteiger charge is 2.27. The molecule has 0 bridgehead atoms. The molecule has 4 heteroatoms. The fourth-order valence-electron chi connectivity index (χ4n) is 2.82. The highest BCUT2D eigenvalue weighted by molar-refractivity contribution is 9.10. The Bertz CT molecular complexity index is 905. The van der Waals surface area contributed by atoms with E-state index in [1.807, 2.05) is 48.5 Å². The summed E-state index contributed by atoms with van der Waals surface area (Å²) < 4.78 is 0.431. The van der Waals surface area contributed by atoms with E-state index in [0.717, 1.165) is 5.56 Å². The second-order valence-electron chi connectivity index (χ2n) is 5.59. The molecule has 3 aromatic rings. The van der Waals surface area contributed by atoms with Crippen LogP contribution in [0.15, 0.2) is 83.3 Å². The van der Waals surface area contributed by atoms with Gasteiger partial charge >= 0.3 is 5.97 Å². The second kappa shape index (κ2) is 7.45. The van der Waals surface area contributed by atoms with Crippen LogP contribution in [0.1, 0.15) is 37.8 Å². The van der Waals surface area contributed by atoms with E-state index < -0.39 is 11.9 Å². The number of benzene rings is 3. The molecule has 0 aliphatic heterocycles. The summed E-state index contributed by atoms with van der Waals surface area (Å²) in [6.07, 6.45) is 0. The molecule has 0 saturated heterocycles. The first-order chi connectivity index (χ1) is 12.1. The van der Waals surface area contributed by atoms with Gasteiger partial charge in [0.15, 0.2) is 5.78 Å². The number of carboxylic acids is 1. The summed E-state index contributed by atoms with van der Waals surface area (Å²) in [6.45, 7) is 0. The Morgan fingerprint density at radius 3 is 2.00 bits per heavy atom. The molecule has 1 N–H and O–H groups in total. The fraction of sp³-hybridized carbons (Fsp3) is 0.0476. The van der Waals surface area contributed by atoms with Crippen molar-refractivity contribution in [2.24, 2.45) is 0 Å². The number of carbonyl (C=O) groups is 2. The van der Waals surface area contributed by atoms with Crippen LogP contribution in [0.3, 0.4) is 0 Å². The molecule has 1 unspecified atom stereocenters. The molecule has 0 spiro atoms. The molecule has 0 saturated carbocycles. The summed E-state index contributed by atoms with van der Waals surface area (Å²) >= 11 is 3.39.